The Kier molecular flexibility index (Phi) is 2.66. The number of anilines is 1. The van der Waals surface area contributed by atoms with Gasteiger partial charge in [-0.15, -0.1) is 0 Å². The Morgan fingerprint density at radius 2 is 2.20 bits per heavy atom. The van der Waals surface area contributed by atoms with E-state index in [-0.39, 0.29) is 0 Å². The molecule has 1 aliphatic rings. The van der Waals surface area contributed by atoms with Crippen LogP contribution in [0.3, 0.4) is 0 Å². The van der Waals surface area contributed by atoms with Gasteiger partial charge in [0.25, 0.3) is 0 Å². The second-order valence-electron chi connectivity index (χ2n) is 5.22. The van der Waals surface area contributed by atoms with Crippen LogP contribution in [-0.4, -0.2) is 9.97 Å². The summed E-state index contributed by atoms with van der Waals surface area (Å²) in [6.45, 7) is 0.757. The third-order valence-corrected chi connectivity index (χ3v) is 3.55. The molecule has 1 fully saturated rings. The minimum absolute atomic E-state index is 0.550. The van der Waals surface area contributed by atoms with Gasteiger partial charge in [-0.3, -0.25) is 4.98 Å². The summed E-state index contributed by atoms with van der Waals surface area (Å²) in [4.78, 5) is 8.68. The molecule has 4 heteroatoms. The monoisotopic (exact) mass is 265 g/mol. The number of aromatic nitrogens is 2. The Balaban J connectivity index is 1.54. The molecular weight excluding hydrogens is 250 g/mol. The van der Waals surface area contributed by atoms with E-state index >= 15 is 0 Å². The Morgan fingerprint density at radius 1 is 1.25 bits per heavy atom. The van der Waals surface area contributed by atoms with Crippen molar-refractivity contribution in [1.29, 1.82) is 0 Å². The second-order valence-corrected chi connectivity index (χ2v) is 5.22. The second kappa shape index (κ2) is 4.63. The fraction of sp³-hybridized carbons (Fsp3) is 0.250. The molecule has 4 rings (SSSR count). The van der Waals surface area contributed by atoms with Crippen LogP contribution in [0.25, 0.3) is 11.1 Å². The molecule has 0 radical (unpaired) electrons. The maximum Gasteiger partial charge on any atom is 0.198 e. The van der Waals surface area contributed by atoms with Crippen LogP contribution >= 0.6 is 0 Å². The topological polar surface area (TPSA) is 51.0 Å². The van der Waals surface area contributed by atoms with Crippen LogP contribution in [0.1, 0.15) is 30.2 Å². The van der Waals surface area contributed by atoms with Gasteiger partial charge in [0.05, 0.1) is 0 Å². The first-order chi connectivity index (χ1) is 9.88. The van der Waals surface area contributed by atoms with Crippen LogP contribution in [0, 0.1) is 0 Å². The minimum Gasteiger partial charge on any atom is -0.440 e. The quantitative estimate of drug-likeness (QED) is 0.781. The van der Waals surface area contributed by atoms with Gasteiger partial charge in [0.15, 0.2) is 11.5 Å². The Bertz CT molecular complexity index is 732. The van der Waals surface area contributed by atoms with Crippen LogP contribution in [0.2, 0.25) is 0 Å². The predicted octanol–water partition coefficient (Wildman–Crippen LogP) is 3.71. The number of hydrogen-bond donors (Lipinski definition) is 1. The molecule has 4 nitrogen and oxygen atoms in total. The Morgan fingerprint density at radius 3 is 3.00 bits per heavy atom. The molecule has 0 amide bonds. The van der Waals surface area contributed by atoms with E-state index in [1.54, 1.807) is 6.20 Å². The summed E-state index contributed by atoms with van der Waals surface area (Å²) >= 11 is 0. The van der Waals surface area contributed by atoms with Crippen molar-refractivity contribution in [2.75, 3.05) is 5.32 Å². The standard InChI is InChI=1S/C16H15N3O/c1-2-11(9-17-7-1)10-18-13-5-6-15-14(8-13)19-16(20-15)12-3-4-12/h1-2,5-9,12,18H,3-4,10H2. The van der Waals surface area contributed by atoms with Crippen molar-refractivity contribution in [1.82, 2.24) is 9.97 Å². The molecule has 0 atom stereocenters. The van der Waals surface area contributed by atoms with Gasteiger partial charge >= 0.3 is 0 Å². The van der Waals surface area contributed by atoms with Gasteiger partial charge in [0, 0.05) is 30.5 Å². The van der Waals surface area contributed by atoms with Crippen LogP contribution < -0.4 is 5.32 Å². The number of benzene rings is 1. The maximum atomic E-state index is 5.76. The fourth-order valence-electron chi connectivity index (χ4n) is 2.27. The zero-order valence-electron chi connectivity index (χ0n) is 11.0. The normalized spacial score (nSPS) is 14.6. The van der Waals surface area contributed by atoms with Crippen molar-refractivity contribution in [3.8, 4) is 0 Å². The number of fused-ring (bicyclic) bond motifs is 1. The van der Waals surface area contributed by atoms with Crippen molar-refractivity contribution in [2.24, 2.45) is 0 Å². The highest BCUT2D eigenvalue weighted by molar-refractivity contribution is 5.77. The molecule has 0 bridgehead atoms. The molecule has 20 heavy (non-hydrogen) atoms. The van der Waals surface area contributed by atoms with Crippen LogP contribution in [0.4, 0.5) is 5.69 Å². The lowest BCUT2D eigenvalue weighted by Gasteiger charge is -2.05. The highest BCUT2D eigenvalue weighted by Crippen LogP contribution is 2.40. The van der Waals surface area contributed by atoms with Gasteiger partial charge in [-0.1, -0.05) is 6.07 Å². The van der Waals surface area contributed by atoms with Crippen molar-refractivity contribution in [2.45, 2.75) is 25.3 Å². The van der Waals surface area contributed by atoms with E-state index in [1.807, 2.05) is 30.5 Å². The summed E-state index contributed by atoms with van der Waals surface area (Å²) in [5.74, 6) is 1.44. The van der Waals surface area contributed by atoms with Crippen LogP contribution in [0.15, 0.2) is 47.1 Å². The molecule has 1 saturated carbocycles. The molecule has 2 aromatic heterocycles. The first-order valence-corrected chi connectivity index (χ1v) is 6.92. The predicted molar refractivity (Wildman–Crippen MR) is 77.5 cm³/mol. The Labute approximate surface area is 116 Å². The van der Waals surface area contributed by atoms with Crippen LogP contribution in [-0.2, 0) is 6.54 Å². The van der Waals surface area contributed by atoms with Gasteiger partial charge in [0.2, 0.25) is 0 Å². The van der Waals surface area contributed by atoms with E-state index in [1.165, 1.54) is 12.8 Å². The lowest BCUT2D eigenvalue weighted by molar-refractivity contribution is 0.533. The molecule has 2 heterocycles. The van der Waals surface area contributed by atoms with Crippen LogP contribution in [0.5, 0.6) is 0 Å². The van der Waals surface area contributed by atoms with Gasteiger partial charge in [0.1, 0.15) is 5.52 Å². The lowest BCUT2D eigenvalue weighted by Crippen LogP contribution is -1.99. The summed E-state index contributed by atoms with van der Waals surface area (Å²) in [5, 5.41) is 3.39. The van der Waals surface area contributed by atoms with Gasteiger partial charge in [-0.25, -0.2) is 4.98 Å². The van der Waals surface area contributed by atoms with Gasteiger partial charge in [-0.05, 0) is 42.7 Å². The van der Waals surface area contributed by atoms with Crippen molar-refractivity contribution >= 4 is 16.8 Å². The van der Waals surface area contributed by atoms with Crippen molar-refractivity contribution < 1.29 is 4.42 Å². The van der Waals surface area contributed by atoms with Gasteiger partial charge in [-0.2, -0.15) is 0 Å². The summed E-state index contributed by atoms with van der Waals surface area (Å²) in [6.07, 6.45) is 6.06. The number of oxazole rings is 1. The minimum atomic E-state index is 0.550. The molecule has 1 N–H and O–H groups in total. The zero-order chi connectivity index (χ0) is 13.4. The molecule has 1 aromatic carbocycles. The summed E-state index contributed by atoms with van der Waals surface area (Å²) in [6, 6.07) is 10.1. The van der Waals surface area contributed by atoms with E-state index in [9.17, 15) is 0 Å². The van der Waals surface area contributed by atoms with E-state index in [2.05, 4.69) is 21.4 Å². The largest absolute Gasteiger partial charge is 0.440 e. The molecule has 0 aliphatic heterocycles. The van der Waals surface area contributed by atoms with E-state index < -0.39 is 0 Å². The fourth-order valence-corrected chi connectivity index (χ4v) is 2.27. The smallest absolute Gasteiger partial charge is 0.198 e. The zero-order valence-corrected chi connectivity index (χ0v) is 11.0. The molecule has 0 spiro atoms. The summed E-state index contributed by atoms with van der Waals surface area (Å²) < 4.78 is 5.76. The molecular formula is C16H15N3O. The average molecular weight is 265 g/mol. The average Bonchev–Trinajstić information content (AvgIpc) is 3.26. The molecule has 0 saturated heterocycles. The number of hydrogen-bond acceptors (Lipinski definition) is 4. The summed E-state index contributed by atoms with van der Waals surface area (Å²) in [7, 11) is 0. The van der Waals surface area contributed by atoms with E-state index in [4.69, 9.17) is 4.42 Å². The third kappa shape index (κ3) is 2.25. The van der Waals surface area contributed by atoms with E-state index in [0.717, 1.165) is 34.8 Å². The number of nitrogens with one attached hydrogen (secondary N) is 1. The maximum absolute atomic E-state index is 5.76. The number of pyridine rings is 1. The Hall–Kier alpha value is -2.36. The number of nitrogens with zero attached hydrogens (tertiary/aromatic N) is 2. The SMILES string of the molecule is c1cncc(CNc2ccc3oc(C4CC4)nc3c2)c1. The highest BCUT2D eigenvalue weighted by atomic mass is 16.3. The first kappa shape index (κ1) is 11.5. The molecule has 100 valence electrons. The molecule has 3 aromatic rings. The molecule has 0 unspecified atom stereocenters. The number of rotatable bonds is 4. The van der Waals surface area contributed by atoms with Gasteiger partial charge < -0.3 is 9.73 Å². The summed E-state index contributed by atoms with van der Waals surface area (Å²) in [5.41, 5.74) is 4.02. The highest BCUT2D eigenvalue weighted by Gasteiger charge is 2.28. The van der Waals surface area contributed by atoms with E-state index in [0.29, 0.717) is 5.92 Å². The first-order valence-electron chi connectivity index (χ1n) is 6.92. The molecule has 1 aliphatic carbocycles. The van der Waals surface area contributed by atoms with Crippen molar-refractivity contribution in [3.05, 3.63) is 54.2 Å². The lowest BCUT2D eigenvalue weighted by atomic mass is 10.2. The third-order valence-electron chi connectivity index (χ3n) is 3.55. The van der Waals surface area contributed by atoms with Crippen molar-refractivity contribution in [3.63, 3.8) is 0 Å².